The lowest BCUT2D eigenvalue weighted by atomic mass is 10.1. The molecule has 8 nitrogen and oxygen atoms in total. The molecular formula is C14H13F3N2O6. The van der Waals surface area contributed by atoms with Gasteiger partial charge in [0.05, 0.1) is 16.2 Å². The summed E-state index contributed by atoms with van der Waals surface area (Å²) in [5, 5.41) is 12.5. The first-order valence-corrected chi connectivity index (χ1v) is 7.12. The zero-order valence-corrected chi connectivity index (χ0v) is 12.7. The van der Waals surface area contributed by atoms with E-state index in [9.17, 15) is 32.9 Å². The first kappa shape index (κ1) is 18.6. The minimum absolute atomic E-state index is 0.313. The fraction of sp³-hybridized carbons (Fsp3) is 0.429. The van der Waals surface area contributed by atoms with E-state index in [1.54, 1.807) is 0 Å². The number of esters is 1. The second kappa shape index (κ2) is 7.47. The molecule has 1 aromatic carbocycles. The monoisotopic (exact) mass is 362 g/mol. The zero-order chi connectivity index (χ0) is 18.6. The predicted molar refractivity (Wildman–Crippen MR) is 76.7 cm³/mol. The molecule has 0 aromatic heterocycles. The highest BCUT2D eigenvalue weighted by atomic mass is 19.4. The highest BCUT2D eigenvalue weighted by molar-refractivity contribution is 5.94. The van der Waals surface area contributed by atoms with Crippen LogP contribution >= 0.6 is 0 Å². The number of benzene rings is 1. The molecule has 2 rings (SSSR count). The van der Waals surface area contributed by atoms with Gasteiger partial charge >= 0.3 is 12.1 Å². The summed E-state index contributed by atoms with van der Waals surface area (Å²) in [7, 11) is 0. The Morgan fingerprint density at radius 1 is 1.40 bits per heavy atom. The lowest BCUT2D eigenvalue weighted by molar-refractivity contribution is -0.385. The minimum atomic E-state index is -4.91. The Balaban J connectivity index is 2.04. The van der Waals surface area contributed by atoms with Crippen LogP contribution in [0.1, 0.15) is 18.4 Å². The maximum Gasteiger partial charge on any atom is 0.418 e. The van der Waals surface area contributed by atoms with Gasteiger partial charge in [0.15, 0.2) is 12.7 Å². The highest BCUT2D eigenvalue weighted by Crippen LogP contribution is 2.37. The molecule has 136 valence electrons. The maximum absolute atomic E-state index is 13.0. The van der Waals surface area contributed by atoms with E-state index < -0.39 is 52.6 Å². The summed E-state index contributed by atoms with van der Waals surface area (Å²) in [6, 6.07) is 1.90. The number of anilines is 1. The van der Waals surface area contributed by atoms with Crippen LogP contribution in [0, 0.1) is 10.1 Å². The van der Waals surface area contributed by atoms with Gasteiger partial charge in [0, 0.05) is 18.7 Å². The second-order valence-electron chi connectivity index (χ2n) is 5.14. The molecule has 1 aliphatic rings. The number of ether oxygens (including phenoxy) is 2. The molecular weight excluding hydrogens is 349 g/mol. The Morgan fingerprint density at radius 3 is 2.68 bits per heavy atom. The lowest BCUT2D eigenvalue weighted by Gasteiger charge is -2.14. The van der Waals surface area contributed by atoms with Gasteiger partial charge in [0.2, 0.25) is 0 Å². The SMILES string of the molecule is O=C(COC(=O)[C@H]1CCCO1)Nc1ccc([N+](=O)[O-])cc1C(F)(F)F. The number of alkyl halides is 3. The summed E-state index contributed by atoms with van der Waals surface area (Å²) in [5.74, 6) is -1.78. The number of halogens is 3. The van der Waals surface area contributed by atoms with Crippen LogP contribution in [-0.4, -0.2) is 36.1 Å². The Bertz CT molecular complexity index is 686. The van der Waals surface area contributed by atoms with Crippen molar-refractivity contribution in [2.75, 3.05) is 18.5 Å². The van der Waals surface area contributed by atoms with Gasteiger partial charge in [-0.1, -0.05) is 0 Å². The molecule has 0 aliphatic carbocycles. The van der Waals surface area contributed by atoms with Crippen LogP contribution in [0.4, 0.5) is 24.5 Å². The Morgan fingerprint density at radius 2 is 2.12 bits per heavy atom. The number of nitro groups is 1. The molecule has 1 amide bonds. The molecule has 1 saturated heterocycles. The normalized spacial score (nSPS) is 17.2. The van der Waals surface area contributed by atoms with E-state index in [0.29, 0.717) is 25.5 Å². The molecule has 1 heterocycles. The standard InChI is InChI=1S/C14H13F3N2O6/c15-14(16,17)9-6-8(19(22)23)3-4-10(9)18-12(20)7-25-13(21)11-2-1-5-24-11/h3-4,6,11H,1-2,5,7H2,(H,18,20)/t11-/m1/s1. The number of rotatable bonds is 5. The van der Waals surface area contributed by atoms with Crippen LogP contribution in [0.2, 0.25) is 0 Å². The first-order chi connectivity index (χ1) is 11.7. The molecule has 1 aliphatic heterocycles. The van der Waals surface area contributed by atoms with Crippen molar-refractivity contribution in [3.8, 4) is 0 Å². The fourth-order valence-electron chi connectivity index (χ4n) is 2.17. The van der Waals surface area contributed by atoms with Crippen molar-refractivity contribution in [2.24, 2.45) is 0 Å². The van der Waals surface area contributed by atoms with Crippen LogP contribution in [0.5, 0.6) is 0 Å². The minimum Gasteiger partial charge on any atom is -0.454 e. The largest absolute Gasteiger partial charge is 0.454 e. The number of non-ortho nitro benzene ring substituents is 1. The van der Waals surface area contributed by atoms with Gasteiger partial charge in [0.25, 0.3) is 11.6 Å². The summed E-state index contributed by atoms with van der Waals surface area (Å²) in [5.41, 5.74) is -2.81. The number of amides is 1. The number of carbonyl (C=O) groups is 2. The average molecular weight is 362 g/mol. The molecule has 0 bridgehead atoms. The number of hydrogen-bond donors (Lipinski definition) is 1. The van der Waals surface area contributed by atoms with Crippen molar-refractivity contribution in [1.82, 2.24) is 0 Å². The van der Waals surface area contributed by atoms with Crippen LogP contribution in [0.3, 0.4) is 0 Å². The Hall–Kier alpha value is -2.69. The zero-order valence-electron chi connectivity index (χ0n) is 12.7. The van der Waals surface area contributed by atoms with E-state index in [2.05, 4.69) is 4.74 Å². The molecule has 11 heteroatoms. The molecule has 1 N–H and O–H groups in total. The highest BCUT2D eigenvalue weighted by Gasteiger charge is 2.35. The summed E-state index contributed by atoms with van der Waals surface area (Å²) in [4.78, 5) is 32.9. The van der Waals surface area contributed by atoms with Crippen LogP contribution in [-0.2, 0) is 25.2 Å². The average Bonchev–Trinajstić information content (AvgIpc) is 3.06. The van der Waals surface area contributed by atoms with Crippen LogP contribution < -0.4 is 5.32 Å². The van der Waals surface area contributed by atoms with Crippen LogP contribution in [0.15, 0.2) is 18.2 Å². The van der Waals surface area contributed by atoms with Crippen LogP contribution in [0.25, 0.3) is 0 Å². The van der Waals surface area contributed by atoms with E-state index in [-0.39, 0.29) is 0 Å². The molecule has 0 saturated carbocycles. The molecule has 25 heavy (non-hydrogen) atoms. The van der Waals surface area contributed by atoms with Crippen molar-refractivity contribution in [3.63, 3.8) is 0 Å². The molecule has 0 unspecified atom stereocenters. The van der Waals surface area contributed by atoms with E-state index >= 15 is 0 Å². The van der Waals surface area contributed by atoms with Gasteiger partial charge in [0.1, 0.15) is 0 Å². The van der Waals surface area contributed by atoms with Gasteiger partial charge < -0.3 is 14.8 Å². The molecule has 0 spiro atoms. The Kier molecular flexibility index (Phi) is 5.57. The summed E-state index contributed by atoms with van der Waals surface area (Å²) in [6.45, 7) is -0.406. The second-order valence-corrected chi connectivity index (χ2v) is 5.14. The number of carbonyl (C=O) groups excluding carboxylic acids is 2. The third-order valence-corrected chi connectivity index (χ3v) is 3.33. The van der Waals surface area contributed by atoms with E-state index in [0.717, 1.165) is 12.1 Å². The summed E-state index contributed by atoms with van der Waals surface area (Å²) >= 11 is 0. The lowest BCUT2D eigenvalue weighted by Crippen LogP contribution is -2.28. The van der Waals surface area contributed by atoms with Crippen molar-refractivity contribution in [2.45, 2.75) is 25.1 Å². The van der Waals surface area contributed by atoms with E-state index in [4.69, 9.17) is 4.74 Å². The van der Waals surface area contributed by atoms with Crippen molar-refractivity contribution in [1.29, 1.82) is 0 Å². The third kappa shape index (κ3) is 4.89. The van der Waals surface area contributed by atoms with Gasteiger partial charge in [-0.3, -0.25) is 14.9 Å². The number of hydrogen-bond acceptors (Lipinski definition) is 6. The summed E-state index contributed by atoms with van der Waals surface area (Å²) in [6.07, 6.45) is -4.58. The van der Waals surface area contributed by atoms with Crippen molar-refractivity contribution in [3.05, 3.63) is 33.9 Å². The van der Waals surface area contributed by atoms with Gasteiger partial charge in [-0.2, -0.15) is 13.2 Å². The fourth-order valence-corrected chi connectivity index (χ4v) is 2.17. The molecule has 1 aromatic rings. The van der Waals surface area contributed by atoms with Crippen molar-refractivity contribution < 1.29 is 37.2 Å². The Labute approximate surface area is 139 Å². The van der Waals surface area contributed by atoms with E-state index in [1.807, 2.05) is 5.32 Å². The molecule has 1 atom stereocenters. The smallest absolute Gasteiger partial charge is 0.418 e. The third-order valence-electron chi connectivity index (χ3n) is 3.33. The van der Waals surface area contributed by atoms with E-state index in [1.165, 1.54) is 0 Å². The maximum atomic E-state index is 13.0. The first-order valence-electron chi connectivity index (χ1n) is 7.12. The number of nitro benzene ring substituents is 1. The molecule has 0 radical (unpaired) electrons. The predicted octanol–water partition coefficient (Wildman–Crippen LogP) is 2.27. The quantitative estimate of drug-likeness (QED) is 0.489. The van der Waals surface area contributed by atoms with Gasteiger partial charge in [-0.25, -0.2) is 4.79 Å². The number of nitrogens with zero attached hydrogens (tertiary/aromatic N) is 1. The van der Waals surface area contributed by atoms with Crippen molar-refractivity contribution >= 4 is 23.3 Å². The molecule has 1 fully saturated rings. The summed E-state index contributed by atoms with van der Waals surface area (Å²) < 4.78 is 48.7. The number of nitrogens with one attached hydrogen (secondary N) is 1. The van der Waals surface area contributed by atoms with Gasteiger partial charge in [-0.15, -0.1) is 0 Å². The topological polar surface area (TPSA) is 108 Å². The van der Waals surface area contributed by atoms with Gasteiger partial charge in [-0.05, 0) is 18.9 Å².